The number of benzene rings is 1. The lowest BCUT2D eigenvalue weighted by molar-refractivity contribution is 0.0957. The van der Waals surface area contributed by atoms with Crippen LogP contribution in [0.2, 0.25) is 0 Å². The van der Waals surface area contributed by atoms with Gasteiger partial charge in [0, 0.05) is 18.5 Å². The van der Waals surface area contributed by atoms with E-state index in [2.05, 4.69) is 20.8 Å². The van der Waals surface area contributed by atoms with E-state index in [4.69, 9.17) is 0 Å². The second kappa shape index (κ2) is 6.74. The first-order valence-electron chi connectivity index (χ1n) is 7.26. The van der Waals surface area contributed by atoms with Gasteiger partial charge >= 0.3 is 0 Å². The van der Waals surface area contributed by atoms with Gasteiger partial charge in [0.1, 0.15) is 11.5 Å². The van der Waals surface area contributed by atoms with Crippen molar-refractivity contribution in [2.75, 3.05) is 5.43 Å². The Labute approximate surface area is 148 Å². The Morgan fingerprint density at radius 1 is 1.08 bits per heavy atom. The van der Waals surface area contributed by atoms with Crippen LogP contribution in [0.1, 0.15) is 10.5 Å². The maximum Gasteiger partial charge on any atom is 0.288 e. The van der Waals surface area contributed by atoms with E-state index in [0.717, 1.165) is 11.0 Å². The van der Waals surface area contributed by atoms with Crippen molar-refractivity contribution in [2.45, 2.75) is 0 Å². The zero-order valence-electron chi connectivity index (χ0n) is 12.8. The van der Waals surface area contributed by atoms with Crippen molar-refractivity contribution in [2.24, 2.45) is 0 Å². The second-order valence-corrected chi connectivity index (χ2v) is 5.15. The lowest BCUT2D eigenvalue weighted by Crippen LogP contribution is -2.30. The molecule has 3 heterocycles. The second-order valence-electron chi connectivity index (χ2n) is 5.15. The lowest BCUT2D eigenvalue weighted by Gasteiger charge is -2.11. The molecule has 0 saturated heterocycles. The van der Waals surface area contributed by atoms with Crippen LogP contribution < -0.4 is 10.9 Å². The summed E-state index contributed by atoms with van der Waals surface area (Å²) in [7, 11) is 0. The summed E-state index contributed by atoms with van der Waals surface area (Å²) in [6, 6.07) is 13.2. The Balaban J connectivity index is 0.00000182. The largest absolute Gasteiger partial charge is 0.312 e. The zero-order valence-corrected chi connectivity index (χ0v) is 13.6. The summed E-state index contributed by atoms with van der Waals surface area (Å²) in [5.41, 5.74) is 7.64. The third-order valence-electron chi connectivity index (χ3n) is 3.61. The van der Waals surface area contributed by atoms with Crippen molar-refractivity contribution in [3.63, 3.8) is 0 Å². The number of nitrogens with zero attached hydrogens (tertiary/aromatic N) is 3. The molecule has 1 aromatic carbocycles. The first kappa shape index (κ1) is 16.7. The molecule has 0 spiro atoms. The Morgan fingerprint density at radius 3 is 2.76 bits per heavy atom. The predicted octanol–water partition coefficient (Wildman–Crippen LogP) is 3.20. The molecule has 6 nitrogen and oxygen atoms in total. The summed E-state index contributed by atoms with van der Waals surface area (Å²) < 4.78 is 15.4. The fourth-order valence-electron chi connectivity index (χ4n) is 2.52. The molecule has 0 aliphatic carbocycles. The van der Waals surface area contributed by atoms with Gasteiger partial charge in [-0.1, -0.05) is 6.07 Å². The van der Waals surface area contributed by atoms with Gasteiger partial charge in [-0.15, -0.1) is 12.4 Å². The number of nitrogens with one attached hydrogen (secondary N) is 2. The molecule has 4 rings (SSSR count). The molecule has 0 unspecified atom stereocenters. The van der Waals surface area contributed by atoms with Crippen LogP contribution in [0.15, 0.2) is 60.9 Å². The summed E-state index contributed by atoms with van der Waals surface area (Å²) in [6.07, 6.45) is 3.39. The van der Waals surface area contributed by atoms with Crippen LogP contribution in [0.25, 0.3) is 16.6 Å². The number of carbonyl (C=O) groups excluding carboxylic acids is 1. The highest BCUT2D eigenvalue weighted by molar-refractivity contribution is 5.93. The van der Waals surface area contributed by atoms with Crippen LogP contribution in [0.5, 0.6) is 0 Å². The van der Waals surface area contributed by atoms with Gasteiger partial charge in [-0.3, -0.25) is 20.6 Å². The van der Waals surface area contributed by atoms with Crippen molar-refractivity contribution in [1.82, 2.24) is 19.8 Å². The van der Waals surface area contributed by atoms with Gasteiger partial charge in [0.2, 0.25) is 0 Å². The average molecular weight is 358 g/mol. The molecule has 0 bridgehead atoms. The van der Waals surface area contributed by atoms with E-state index in [1.807, 2.05) is 22.7 Å². The number of hydrogen-bond donors (Lipinski definition) is 2. The number of rotatable bonds is 3. The molecule has 8 heteroatoms. The Morgan fingerprint density at radius 2 is 1.96 bits per heavy atom. The highest BCUT2D eigenvalue weighted by atomic mass is 35.5. The van der Waals surface area contributed by atoms with Gasteiger partial charge in [0.25, 0.3) is 5.91 Å². The molecule has 0 atom stereocenters. The van der Waals surface area contributed by atoms with E-state index >= 15 is 0 Å². The number of aromatic nitrogens is 3. The van der Waals surface area contributed by atoms with Gasteiger partial charge in [-0.2, -0.15) is 0 Å². The molecule has 4 aromatic rings. The number of carbonyl (C=O) groups is 1. The summed E-state index contributed by atoms with van der Waals surface area (Å²) >= 11 is 0. The minimum atomic E-state index is -0.388. The summed E-state index contributed by atoms with van der Waals surface area (Å²) in [5.74, 6) is -0.339. The van der Waals surface area contributed by atoms with Crippen LogP contribution >= 0.6 is 12.4 Å². The number of halogens is 2. The van der Waals surface area contributed by atoms with Crippen molar-refractivity contribution < 1.29 is 9.18 Å². The zero-order chi connectivity index (χ0) is 16.5. The molecule has 1 amide bonds. The normalized spacial score (nSPS) is 10.4. The van der Waals surface area contributed by atoms with Crippen LogP contribution in [0.3, 0.4) is 0 Å². The smallest absolute Gasteiger partial charge is 0.288 e. The Hall–Kier alpha value is -3.19. The van der Waals surface area contributed by atoms with Crippen molar-refractivity contribution in [3.8, 4) is 0 Å². The average Bonchev–Trinajstić information content (AvgIpc) is 3.10. The molecular weight excluding hydrogens is 345 g/mol. The molecule has 0 aliphatic heterocycles. The minimum Gasteiger partial charge on any atom is -0.312 e. The fraction of sp³-hybridized carbons (Fsp3) is 0. The van der Waals surface area contributed by atoms with E-state index in [1.54, 1.807) is 24.3 Å². The van der Waals surface area contributed by atoms with Crippen molar-refractivity contribution in [3.05, 3.63) is 72.4 Å². The first-order valence-corrected chi connectivity index (χ1v) is 7.26. The monoisotopic (exact) mass is 357 g/mol. The van der Waals surface area contributed by atoms with Gasteiger partial charge in [0.05, 0.1) is 16.6 Å². The standard InChI is InChI=1S/C17H12FN5O.ClH/c18-11-6-7-14-13(10-11)20-16(15-5-3-9-23(14)15)21-22-17(24)12-4-1-2-8-19-12;/h1-10H,(H,20,21)(H,22,24);1H. The number of hydrogen-bond acceptors (Lipinski definition) is 4. The predicted molar refractivity (Wildman–Crippen MR) is 95.2 cm³/mol. The first-order chi connectivity index (χ1) is 11.7. The maximum absolute atomic E-state index is 13.5. The van der Waals surface area contributed by atoms with E-state index in [-0.39, 0.29) is 29.8 Å². The molecule has 3 aromatic heterocycles. The molecule has 0 saturated carbocycles. The van der Waals surface area contributed by atoms with E-state index in [9.17, 15) is 9.18 Å². The number of amides is 1. The van der Waals surface area contributed by atoms with E-state index < -0.39 is 0 Å². The topological polar surface area (TPSA) is 71.3 Å². The fourth-order valence-corrected chi connectivity index (χ4v) is 2.52. The van der Waals surface area contributed by atoms with E-state index in [0.29, 0.717) is 11.3 Å². The number of anilines is 1. The van der Waals surface area contributed by atoms with E-state index in [1.165, 1.54) is 18.3 Å². The van der Waals surface area contributed by atoms with Crippen molar-refractivity contribution in [1.29, 1.82) is 0 Å². The van der Waals surface area contributed by atoms with Crippen LogP contribution in [-0.2, 0) is 0 Å². The molecule has 25 heavy (non-hydrogen) atoms. The minimum absolute atomic E-state index is 0. The molecular formula is C17H13ClFN5O. The third kappa shape index (κ3) is 3.09. The van der Waals surface area contributed by atoms with Gasteiger partial charge < -0.3 is 4.40 Å². The summed E-state index contributed by atoms with van der Waals surface area (Å²) in [6.45, 7) is 0. The van der Waals surface area contributed by atoms with Gasteiger partial charge in [-0.25, -0.2) is 9.37 Å². The highest BCUT2D eigenvalue weighted by Gasteiger charge is 2.11. The van der Waals surface area contributed by atoms with Crippen LogP contribution in [0, 0.1) is 5.82 Å². The van der Waals surface area contributed by atoms with Gasteiger partial charge in [-0.05, 0) is 36.4 Å². The van der Waals surface area contributed by atoms with Crippen LogP contribution in [0.4, 0.5) is 10.2 Å². The van der Waals surface area contributed by atoms with Crippen molar-refractivity contribution >= 4 is 40.7 Å². The third-order valence-corrected chi connectivity index (χ3v) is 3.61. The van der Waals surface area contributed by atoms with Crippen LogP contribution in [-0.4, -0.2) is 20.3 Å². The number of pyridine rings is 1. The molecule has 2 N–H and O–H groups in total. The molecule has 0 radical (unpaired) electrons. The molecule has 0 fully saturated rings. The lowest BCUT2D eigenvalue weighted by atomic mass is 10.3. The Kier molecular flexibility index (Phi) is 4.49. The molecule has 0 aliphatic rings. The number of fused-ring (bicyclic) bond motifs is 3. The molecule has 126 valence electrons. The summed E-state index contributed by atoms with van der Waals surface area (Å²) in [4.78, 5) is 20.5. The highest BCUT2D eigenvalue weighted by Crippen LogP contribution is 2.22. The number of hydrazine groups is 1. The SMILES string of the molecule is Cl.O=C(NNc1nc2cc(F)ccc2n2cccc12)c1ccccn1. The maximum atomic E-state index is 13.5. The quantitative estimate of drug-likeness (QED) is 0.552. The summed E-state index contributed by atoms with van der Waals surface area (Å²) in [5, 5.41) is 0. The Bertz CT molecular complexity index is 1050. The van der Waals surface area contributed by atoms with Gasteiger partial charge in [0.15, 0.2) is 5.82 Å².